The first-order valence-electron chi connectivity index (χ1n) is 9.14. The van der Waals surface area contributed by atoms with E-state index < -0.39 is 0 Å². The van der Waals surface area contributed by atoms with Crippen LogP contribution in [0.25, 0.3) is 0 Å². The van der Waals surface area contributed by atoms with Crippen molar-refractivity contribution in [1.82, 2.24) is 15.2 Å². The van der Waals surface area contributed by atoms with Gasteiger partial charge in [0.25, 0.3) is 5.90 Å². The Bertz CT molecular complexity index is 565. The molecule has 0 radical (unpaired) electrons. The lowest BCUT2D eigenvalue weighted by molar-refractivity contribution is -0.00807. The number of aromatic nitrogens is 1. The van der Waals surface area contributed by atoms with Crippen molar-refractivity contribution >= 4 is 17.2 Å². The molecule has 0 amide bonds. The van der Waals surface area contributed by atoms with E-state index in [4.69, 9.17) is 9.57 Å². The second kappa shape index (κ2) is 7.80. The van der Waals surface area contributed by atoms with E-state index in [1.54, 1.807) is 11.3 Å². The molecule has 0 spiro atoms. The van der Waals surface area contributed by atoms with Crippen LogP contribution in [0.1, 0.15) is 47.9 Å². The highest BCUT2D eigenvalue weighted by molar-refractivity contribution is 7.13. The summed E-state index contributed by atoms with van der Waals surface area (Å²) in [5.41, 5.74) is 0. The molecule has 1 N–H and O–H groups in total. The lowest BCUT2D eigenvalue weighted by Gasteiger charge is -2.31. The molecule has 2 fully saturated rings. The molecule has 0 saturated carbocycles. The number of piperidine rings is 2. The zero-order chi connectivity index (χ0) is 16.2. The first kappa shape index (κ1) is 16.3. The SMILES string of the molecule is c1nc(C2CCNCC2)sc1C1=NOCC(CN2CCCCC2)O1. The van der Waals surface area contributed by atoms with E-state index in [1.807, 2.05) is 6.20 Å². The second-order valence-corrected chi connectivity index (χ2v) is 7.94. The van der Waals surface area contributed by atoms with Gasteiger partial charge in [-0.25, -0.2) is 4.98 Å². The Morgan fingerprint density at radius 3 is 2.88 bits per heavy atom. The van der Waals surface area contributed by atoms with Crippen molar-refractivity contribution in [3.8, 4) is 0 Å². The molecule has 3 aliphatic heterocycles. The predicted octanol–water partition coefficient (Wildman–Crippen LogP) is 2.17. The summed E-state index contributed by atoms with van der Waals surface area (Å²) in [7, 11) is 0. The number of thiazole rings is 1. The Hall–Kier alpha value is -1.18. The Kier molecular flexibility index (Phi) is 5.30. The van der Waals surface area contributed by atoms with E-state index in [0.29, 0.717) is 18.4 Å². The molecule has 1 aromatic heterocycles. The van der Waals surface area contributed by atoms with Crippen LogP contribution in [0.5, 0.6) is 0 Å². The summed E-state index contributed by atoms with van der Waals surface area (Å²) in [6, 6.07) is 0. The number of hydrogen-bond acceptors (Lipinski definition) is 7. The molecule has 3 aliphatic rings. The average molecular weight is 350 g/mol. The first-order chi connectivity index (χ1) is 11.9. The Morgan fingerprint density at radius 1 is 1.21 bits per heavy atom. The van der Waals surface area contributed by atoms with E-state index in [-0.39, 0.29) is 6.10 Å². The second-order valence-electron chi connectivity index (χ2n) is 6.88. The van der Waals surface area contributed by atoms with Crippen LogP contribution in [0.4, 0.5) is 0 Å². The summed E-state index contributed by atoms with van der Waals surface area (Å²) in [6.07, 6.45) is 8.23. The largest absolute Gasteiger partial charge is 0.466 e. The van der Waals surface area contributed by atoms with Crippen molar-refractivity contribution in [3.05, 3.63) is 16.1 Å². The molecule has 0 aromatic carbocycles. The van der Waals surface area contributed by atoms with Crippen LogP contribution < -0.4 is 5.32 Å². The lowest BCUT2D eigenvalue weighted by Crippen LogP contribution is -2.41. The molecule has 0 aliphatic carbocycles. The number of nitrogens with zero attached hydrogens (tertiary/aromatic N) is 3. The van der Waals surface area contributed by atoms with Crippen LogP contribution in [0.3, 0.4) is 0 Å². The van der Waals surface area contributed by atoms with Gasteiger partial charge in [0.1, 0.15) is 11.0 Å². The zero-order valence-electron chi connectivity index (χ0n) is 14.1. The third-order valence-electron chi connectivity index (χ3n) is 5.02. The molecule has 1 unspecified atom stereocenters. The smallest absolute Gasteiger partial charge is 0.269 e. The van der Waals surface area contributed by atoms with Gasteiger partial charge in [-0.2, -0.15) is 0 Å². The fraction of sp³-hybridized carbons (Fsp3) is 0.765. The Morgan fingerprint density at radius 2 is 2.04 bits per heavy atom. The molecule has 0 bridgehead atoms. The van der Waals surface area contributed by atoms with Gasteiger partial charge in [-0.3, -0.25) is 4.90 Å². The molecule has 1 atom stereocenters. The Balaban J connectivity index is 1.37. The van der Waals surface area contributed by atoms with Crippen LogP contribution in [-0.4, -0.2) is 61.2 Å². The van der Waals surface area contributed by atoms with Gasteiger partial charge in [0.05, 0.1) is 11.2 Å². The maximum Gasteiger partial charge on any atom is 0.269 e. The van der Waals surface area contributed by atoms with Crippen LogP contribution in [0.15, 0.2) is 11.4 Å². The minimum absolute atomic E-state index is 0.0695. The van der Waals surface area contributed by atoms with Gasteiger partial charge >= 0.3 is 0 Å². The van der Waals surface area contributed by atoms with Gasteiger partial charge in [-0.1, -0.05) is 6.42 Å². The van der Waals surface area contributed by atoms with Gasteiger partial charge in [0, 0.05) is 12.5 Å². The number of hydrogen-bond donors (Lipinski definition) is 1. The van der Waals surface area contributed by atoms with E-state index >= 15 is 0 Å². The van der Waals surface area contributed by atoms with Crippen molar-refractivity contribution in [2.45, 2.75) is 44.1 Å². The maximum atomic E-state index is 6.12. The van der Waals surface area contributed by atoms with Crippen LogP contribution >= 0.6 is 11.3 Å². The molecule has 6 nitrogen and oxygen atoms in total. The number of oxime groups is 1. The third-order valence-corrected chi connectivity index (χ3v) is 6.17. The minimum Gasteiger partial charge on any atom is -0.466 e. The molecular weight excluding hydrogens is 324 g/mol. The molecule has 4 rings (SSSR count). The average Bonchev–Trinajstić information content (AvgIpc) is 3.14. The van der Waals surface area contributed by atoms with Gasteiger partial charge in [0.2, 0.25) is 0 Å². The van der Waals surface area contributed by atoms with Crippen molar-refractivity contribution in [2.24, 2.45) is 5.16 Å². The van der Waals surface area contributed by atoms with Crippen molar-refractivity contribution in [3.63, 3.8) is 0 Å². The maximum absolute atomic E-state index is 6.12. The summed E-state index contributed by atoms with van der Waals surface area (Å²) in [4.78, 5) is 13.5. The number of likely N-dealkylation sites (tertiary alicyclic amines) is 1. The quantitative estimate of drug-likeness (QED) is 0.902. The molecule has 24 heavy (non-hydrogen) atoms. The number of rotatable bonds is 4. The molecule has 7 heteroatoms. The molecule has 2 saturated heterocycles. The highest BCUT2D eigenvalue weighted by atomic mass is 32.1. The molecule has 4 heterocycles. The fourth-order valence-electron chi connectivity index (χ4n) is 3.66. The van der Waals surface area contributed by atoms with Crippen LogP contribution in [-0.2, 0) is 9.57 Å². The third kappa shape index (κ3) is 3.90. The minimum atomic E-state index is 0.0695. The van der Waals surface area contributed by atoms with Crippen molar-refractivity contribution < 1.29 is 9.57 Å². The fourth-order valence-corrected chi connectivity index (χ4v) is 4.67. The Labute approximate surface area is 147 Å². The van der Waals surface area contributed by atoms with Crippen molar-refractivity contribution in [1.29, 1.82) is 0 Å². The van der Waals surface area contributed by atoms with Gasteiger partial charge in [-0.05, 0) is 57.0 Å². The predicted molar refractivity (Wildman–Crippen MR) is 94.6 cm³/mol. The van der Waals surface area contributed by atoms with Crippen LogP contribution in [0, 0.1) is 0 Å². The summed E-state index contributed by atoms with van der Waals surface area (Å²) in [5, 5.41) is 8.74. The van der Waals surface area contributed by atoms with Gasteiger partial charge in [-0.15, -0.1) is 11.3 Å². The standard InChI is InChI=1S/C17H26N4O2S/c1-2-8-21(9-3-1)11-14-12-22-20-16(23-14)15-10-19-17(24-15)13-4-6-18-7-5-13/h10,13-14,18H,1-9,11-12H2. The summed E-state index contributed by atoms with van der Waals surface area (Å²) in [6.45, 7) is 5.98. The summed E-state index contributed by atoms with van der Waals surface area (Å²) in [5.74, 6) is 1.18. The number of nitrogens with one attached hydrogen (secondary N) is 1. The number of ether oxygens (including phenoxy) is 1. The van der Waals surface area contributed by atoms with E-state index in [1.165, 1.54) is 37.4 Å². The zero-order valence-corrected chi connectivity index (χ0v) is 14.9. The van der Waals surface area contributed by atoms with Crippen LogP contribution in [0.2, 0.25) is 0 Å². The monoisotopic (exact) mass is 350 g/mol. The van der Waals surface area contributed by atoms with Gasteiger partial charge in [0.15, 0.2) is 6.61 Å². The van der Waals surface area contributed by atoms with Gasteiger partial charge < -0.3 is 14.9 Å². The topological polar surface area (TPSA) is 59.0 Å². The first-order valence-corrected chi connectivity index (χ1v) is 9.96. The highest BCUT2D eigenvalue weighted by Gasteiger charge is 2.26. The summed E-state index contributed by atoms with van der Waals surface area (Å²) >= 11 is 1.71. The highest BCUT2D eigenvalue weighted by Crippen LogP contribution is 2.30. The molecule has 1 aromatic rings. The summed E-state index contributed by atoms with van der Waals surface area (Å²) < 4.78 is 6.12. The van der Waals surface area contributed by atoms with E-state index in [0.717, 1.165) is 37.4 Å². The lowest BCUT2D eigenvalue weighted by atomic mass is 9.99. The van der Waals surface area contributed by atoms with E-state index in [2.05, 4.69) is 20.4 Å². The van der Waals surface area contributed by atoms with E-state index in [9.17, 15) is 0 Å². The molecule has 132 valence electrons. The molecular formula is C17H26N4O2S. The normalized spacial score (nSPS) is 26.5. The van der Waals surface area contributed by atoms with Crippen molar-refractivity contribution in [2.75, 3.05) is 39.3 Å².